The summed E-state index contributed by atoms with van der Waals surface area (Å²) in [5, 5.41) is 0. The van der Waals surface area contributed by atoms with Crippen LogP contribution in [-0.2, 0) is 4.74 Å². The van der Waals surface area contributed by atoms with Crippen LogP contribution in [0.5, 0.6) is 0 Å². The van der Waals surface area contributed by atoms with Crippen LogP contribution in [0.1, 0.15) is 114 Å². The van der Waals surface area contributed by atoms with Crippen LogP contribution in [0.3, 0.4) is 0 Å². The molecular weight excluding hydrogens is 385 g/mol. The van der Waals surface area contributed by atoms with Crippen molar-refractivity contribution in [3.63, 3.8) is 0 Å². The van der Waals surface area contributed by atoms with Gasteiger partial charge in [-0.25, -0.2) is 4.39 Å². The third-order valence-electron chi connectivity index (χ3n) is 6.29. The second-order valence-corrected chi connectivity index (χ2v) is 8.74. The Morgan fingerprint density at radius 1 is 0.900 bits per heavy atom. The Bertz CT molecular complexity index is 617. The molecule has 1 saturated carbocycles. The minimum Gasteiger partial charge on any atom is -0.378 e. The number of benzene rings is 1. The van der Waals surface area contributed by atoms with Gasteiger partial charge in [0, 0.05) is 18.2 Å². The molecule has 0 atom stereocenters. The van der Waals surface area contributed by atoms with Crippen molar-refractivity contribution in [1.29, 1.82) is 0 Å². The van der Waals surface area contributed by atoms with Gasteiger partial charge in [-0.3, -0.25) is 0 Å². The highest BCUT2D eigenvalue weighted by Crippen LogP contribution is 2.35. The van der Waals surface area contributed by atoms with Crippen LogP contribution >= 0.6 is 0 Å². The maximum atomic E-state index is 14.0. The Balaban J connectivity index is 1.54. The van der Waals surface area contributed by atoms with Gasteiger partial charge in [-0.05, 0) is 49.7 Å². The van der Waals surface area contributed by atoms with E-state index in [0.29, 0.717) is 18.1 Å². The van der Waals surface area contributed by atoms with Crippen molar-refractivity contribution in [3.8, 4) is 0 Å². The van der Waals surface area contributed by atoms with E-state index >= 15 is 0 Å². The van der Waals surface area contributed by atoms with Crippen molar-refractivity contribution in [2.24, 2.45) is 0 Å². The zero-order valence-electron chi connectivity index (χ0n) is 18.6. The highest BCUT2D eigenvalue weighted by molar-refractivity contribution is 5.51. The molecule has 0 heterocycles. The normalized spacial score (nSPS) is 19.1. The van der Waals surface area contributed by atoms with E-state index in [9.17, 15) is 13.2 Å². The van der Waals surface area contributed by atoms with E-state index in [2.05, 4.69) is 6.92 Å². The van der Waals surface area contributed by atoms with Gasteiger partial charge in [-0.2, -0.15) is 8.78 Å². The first-order valence-electron chi connectivity index (χ1n) is 12.0. The predicted molar refractivity (Wildman–Crippen MR) is 119 cm³/mol. The Hall–Kier alpha value is -1.29. The molecule has 0 unspecified atom stereocenters. The first kappa shape index (κ1) is 25.0. The second kappa shape index (κ2) is 14.7. The van der Waals surface area contributed by atoms with Gasteiger partial charge in [-0.15, -0.1) is 0 Å². The molecule has 0 saturated heterocycles. The standard InChI is InChI=1S/C26H39F3O/c1-2-3-4-5-6-7-8-9-10-11-18-30-24-16-14-21(15-17-24)22-12-13-23(20-26(28)29)25(27)19-22/h12-13,19-21,24H,2-11,14-18H2,1H3. The molecule has 1 aliphatic rings. The minimum atomic E-state index is -1.87. The Labute approximate surface area is 181 Å². The second-order valence-electron chi connectivity index (χ2n) is 8.74. The fourth-order valence-electron chi connectivity index (χ4n) is 4.43. The van der Waals surface area contributed by atoms with Crippen LogP contribution in [0.4, 0.5) is 13.2 Å². The Morgan fingerprint density at radius 3 is 2.07 bits per heavy atom. The molecule has 0 radical (unpaired) electrons. The molecule has 0 spiro atoms. The average Bonchev–Trinajstić information content (AvgIpc) is 2.73. The molecule has 4 heteroatoms. The summed E-state index contributed by atoms with van der Waals surface area (Å²) in [7, 11) is 0. The van der Waals surface area contributed by atoms with Gasteiger partial charge in [0.05, 0.1) is 6.10 Å². The summed E-state index contributed by atoms with van der Waals surface area (Å²) >= 11 is 0. The summed E-state index contributed by atoms with van der Waals surface area (Å²) in [5.41, 5.74) is 0.865. The lowest BCUT2D eigenvalue weighted by Crippen LogP contribution is -2.21. The van der Waals surface area contributed by atoms with Crippen molar-refractivity contribution in [3.05, 3.63) is 41.2 Å². The van der Waals surface area contributed by atoms with Crippen molar-refractivity contribution < 1.29 is 17.9 Å². The zero-order chi connectivity index (χ0) is 21.6. The van der Waals surface area contributed by atoms with Gasteiger partial charge < -0.3 is 4.74 Å². The molecule has 1 nitrogen and oxygen atoms in total. The summed E-state index contributed by atoms with van der Waals surface area (Å²) < 4.78 is 44.8. The molecule has 0 aliphatic heterocycles. The fourth-order valence-corrected chi connectivity index (χ4v) is 4.43. The van der Waals surface area contributed by atoms with E-state index in [-0.39, 0.29) is 5.56 Å². The van der Waals surface area contributed by atoms with Gasteiger partial charge in [0.25, 0.3) is 6.08 Å². The van der Waals surface area contributed by atoms with Crippen LogP contribution < -0.4 is 0 Å². The average molecular weight is 425 g/mol. The Kier molecular flexibility index (Phi) is 12.2. The van der Waals surface area contributed by atoms with E-state index in [1.54, 1.807) is 6.07 Å². The molecule has 0 N–H and O–H groups in total. The summed E-state index contributed by atoms with van der Waals surface area (Å²) in [4.78, 5) is 0. The van der Waals surface area contributed by atoms with Crippen molar-refractivity contribution in [2.45, 2.75) is 109 Å². The third kappa shape index (κ3) is 9.68. The maximum absolute atomic E-state index is 14.0. The van der Waals surface area contributed by atoms with Crippen LogP contribution in [0.2, 0.25) is 0 Å². The summed E-state index contributed by atoms with van der Waals surface area (Å²) in [5.74, 6) is -0.274. The zero-order valence-corrected chi connectivity index (χ0v) is 18.6. The highest BCUT2D eigenvalue weighted by atomic mass is 19.3. The van der Waals surface area contributed by atoms with E-state index in [4.69, 9.17) is 4.74 Å². The van der Waals surface area contributed by atoms with E-state index in [0.717, 1.165) is 44.3 Å². The topological polar surface area (TPSA) is 9.23 Å². The number of ether oxygens (including phenoxy) is 1. The molecule has 1 fully saturated rings. The van der Waals surface area contributed by atoms with Crippen molar-refractivity contribution in [1.82, 2.24) is 0 Å². The SMILES string of the molecule is CCCCCCCCCCCCOC1CCC(c2ccc(C=C(F)F)c(F)c2)CC1. The monoisotopic (exact) mass is 424 g/mol. The van der Waals surface area contributed by atoms with Crippen LogP contribution in [0.15, 0.2) is 24.3 Å². The van der Waals surface area contributed by atoms with Crippen LogP contribution in [-0.4, -0.2) is 12.7 Å². The highest BCUT2D eigenvalue weighted by Gasteiger charge is 2.23. The first-order chi connectivity index (χ1) is 14.6. The van der Waals surface area contributed by atoms with Gasteiger partial charge in [-0.1, -0.05) is 76.8 Å². The number of unbranched alkanes of at least 4 members (excludes halogenated alkanes) is 9. The Morgan fingerprint density at radius 2 is 1.50 bits per heavy atom. The molecule has 170 valence electrons. The smallest absolute Gasteiger partial charge is 0.271 e. The fraction of sp³-hybridized carbons (Fsp3) is 0.692. The summed E-state index contributed by atoms with van der Waals surface area (Å²) in [6, 6.07) is 4.66. The number of halogens is 3. The number of rotatable bonds is 14. The maximum Gasteiger partial charge on any atom is 0.271 e. The quantitative estimate of drug-likeness (QED) is 0.271. The number of hydrogen-bond acceptors (Lipinski definition) is 1. The lowest BCUT2D eigenvalue weighted by atomic mass is 9.82. The molecular formula is C26H39F3O. The predicted octanol–water partition coefficient (Wildman–Crippen LogP) is 9.03. The lowest BCUT2D eigenvalue weighted by Gasteiger charge is -2.29. The number of hydrogen-bond donors (Lipinski definition) is 0. The molecule has 0 aromatic heterocycles. The van der Waals surface area contributed by atoms with E-state index < -0.39 is 11.9 Å². The van der Waals surface area contributed by atoms with Gasteiger partial charge >= 0.3 is 0 Å². The first-order valence-corrected chi connectivity index (χ1v) is 12.0. The molecule has 1 aliphatic carbocycles. The van der Waals surface area contributed by atoms with Crippen LogP contribution in [0.25, 0.3) is 6.08 Å². The van der Waals surface area contributed by atoms with Crippen molar-refractivity contribution in [2.75, 3.05) is 6.61 Å². The molecule has 0 bridgehead atoms. The molecule has 2 rings (SSSR count). The summed E-state index contributed by atoms with van der Waals surface area (Å²) in [6.45, 7) is 3.10. The van der Waals surface area contributed by atoms with E-state index in [1.807, 2.05) is 0 Å². The van der Waals surface area contributed by atoms with Gasteiger partial charge in [0.1, 0.15) is 5.82 Å². The largest absolute Gasteiger partial charge is 0.378 e. The molecule has 1 aromatic rings. The molecule has 1 aromatic carbocycles. The van der Waals surface area contributed by atoms with Crippen LogP contribution in [0, 0.1) is 5.82 Å². The molecule has 0 amide bonds. The third-order valence-corrected chi connectivity index (χ3v) is 6.29. The lowest BCUT2D eigenvalue weighted by molar-refractivity contribution is 0.0226. The van der Waals surface area contributed by atoms with Crippen molar-refractivity contribution >= 4 is 6.08 Å². The summed E-state index contributed by atoms with van der Waals surface area (Å²) in [6.07, 6.45) is 16.2. The molecule has 30 heavy (non-hydrogen) atoms. The minimum absolute atomic E-state index is 0.0488. The van der Waals surface area contributed by atoms with Gasteiger partial charge in [0.15, 0.2) is 0 Å². The van der Waals surface area contributed by atoms with Gasteiger partial charge in [0.2, 0.25) is 0 Å². The van der Waals surface area contributed by atoms with E-state index in [1.165, 1.54) is 69.9 Å².